The minimum atomic E-state index is 0.00990. The lowest BCUT2D eigenvalue weighted by atomic mass is 10.0. The molecule has 1 amide bonds. The van der Waals surface area contributed by atoms with Crippen LogP contribution in [0.3, 0.4) is 0 Å². The summed E-state index contributed by atoms with van der Waals surface area (Å²) >= 11 is 0. The van der Waals surface area contributed by atoms with Crippen molar-refractivity contribution in [3.8, 4) is 0 Å². The molecule has 0 unspecified atom stereocenters. The van der Waals surface area contributed by atoms with Crippen LogP contribution >= 0.6 is 0 Å². The quantitative estimate of drug-likeness (QED) is 0.900. The molecule has 0 aliphatic carbocycles. The highest BCUT2D eigenvalue weighted by Gasteiger charge is 2.26. The van der Waals surface area contributed by atoms with Crippen LogP contribution in [0.4, 0.5) is 5.69 Å². The van der Waals surface area contributed by atoms with Crippen molar-refractivity contribution in [3.05, 3.63) is 65.2 Å². The van der Waals surface area contributed by atoms with Crippen molar-refractivity contribution in [2.75, 3.05) is 38.1 Å². The number of hydrogen-bond acceptors (Lipinski definition) is 3. The molecule has 1 N–H and O–H groups in total. The first-order valence-electron chi connectivity index (χ1n) is 9.63. The fourth-order valence-electron chi connectivity index (χ4n) is 4.19. The van der Waals surface area contributed by atoms with Gasteiger partial charge in [-0.15, -0.1) is 0 Å². The zero-order valence-electron chi connectivity index (χ0n) is 15.4. The summed E-state index contributed by atoms with van der Waals surface area (Å²) in [5, 5.41) is 3.16. The number of carbonyl (C=O) groups excluding carboxylic acids is 1. The van der Waals surface area contributed by atoms with Gasteiger partial charge in [0.1, 0.15) is 0 Å². The number of anilines is 1. The van der Waals surface area contributed by atoms with Gasteiger partial charge in [-0.05, 0) is 61.7 Å². The third-order valence-electron chi connectivity index (χ3n) is 5.69. The van der Waals surface area contributed by atoms with Crippen molar-refractivity contribution in [2.24, 2.45) is 0 Å². The van der Waals surface area contributed by atoms with Gasteiger partial charge in [0.25, 0.3) is 5.91 Å². The van der Waals surface area contributed by atoms with Crippen molar-refractivity contribution in [2.45, 2.75) is 25.3 Å². The van der Waals surface area contributed by atoms with E-state index in [1.54, 1.807) is 0 Å². The molecule has 4 nitrogen and oxygen atoms in total. The molecule has 0 radical (unpaired) electrons. The topological polar surface area (TPSA) is 35.6 Å². The molecule has 0 aromatic heterocycles. The lowest BCUT2D eigenvalue weighted by Gasteiger charge is -2.29. The zero-order valence-corrected chi connectivity index (χ0v) is 15.4. The SMILES string of the molecule is CN1CCc2cc([C@@H](CNC(=O)c3ccccc3)N3CCCC3)ccc21. The molecule has 0 saturated carbocycles. The van der Waals surface area contributed by atoms with Gasteiger partial charge in [-0.3, -0.25) is 9.69 Å². The number of likely N-dealkylation sites (N-methyl/N-ethyl adjacent to an activating group) is 1. The summed E-state index contributed by atoms with van der Waals surface area (Å²) in [5.41, 5.74) is 4.84. The molecule has 1 saturated heterocycles. The van der Waals surface area contributed by atoms with Gasteiger partial charge in [0.15, 0.2) is 0 Å². The Kier molecular flexibility index (Phi) is 4.93. The smallest absolute Gasteiger partial charge is 0.251 e. The van der Waals surface area contributed by atoms with Crippen molar-refractivity contribution < 1.29 is 4.79 Å². The van der Waals surface area contributed by atoms with Crippen molar-refractivity contribution in [3.63, 3.8) is 0 Å². The molecular weight excluding hydrogens is 322 g/mol. The first-order valence-corrected chi connectivity index (χ1v) is 9.63. The van der Waals surface area contributed by atoms with Gasteiger partial charge in [-0.25, -0.2) is 0 Å². The second-order valence-electron chi connectivity index (χ2n) is 7.39. The highest BCUT2D eigenvalue weighted by molar-refractivity contribution is 5.94. The van der Waals surface area contributed by atoms with Crippen molar-refractivity contribution in [1.29, 1.82) is 0 Å². The van der Waals surface area contributed by atoms with Crippen molar-refractivity contribution >= 4 is 11.6 Å². The minimum absolute atomic E-state index is 0.00990. The Morgan fingerprint density at radius 1 is 1.08 bits per heavy atom. The average Bonchev–Trinajstić information content (AvgIpc) is 3.33. The number of nitrogens with one attached hydrogen (secondary N) is 1. The molecule has 2 aromatic carbocycles. The van der Waals surface area contributed by atoms with Crippen LogP contribution in [0.25, 0.3) is 0 Å². The Morgan fingerprint density at radius 3 is 2.62 bits per heavy atom. The average molecular weight is 349 g/mol. The summed E-state index contributed by atoms with van der Waals surface area (Å²) in [6.07, 6.45) is 3.61. The Bertz CT molecular complexity index is 768. The number of nitrogens with zero attached hydrogens (tertiary/aromatic N) is 2. The van der Waals surface area contributed by atoms with Crippen molar-refractivity contribution in [1.82, 2.24) is 10.2 Å². The van der Waals surface area contributed by atoms with E-state index >= 15 is 0 Å². The van der Waals surface area contributed by atoms with Crippen LogP contribution in [0.5, 0.6) is 0 Å². The lowest BCUT2D eigenvalue weighted by Crippen LogP contribution is -2.36. The van der Waals surface area contributed by atoms with Gasteiger partial charge < -0.3 is 10.2 Å². The normalized spacial score (nSPS) is 18.0. The van der Waals surface area contributed by atoms with E-state index in [-0.39, 0.29) is 11.9 Å². The van der Waals surface area contributed by atoms with Crippen LogP contribution in [0, 0.1) is 0 Å². The monoisotopic (exact) mass is 349 g/mol. The number of benzene rings is 2. The van der Waals surface area contributed by atoms with E-state index in [0.29, 0.717) is 6.54 Å². The second kappa shape index (κ2) is 7.50. The summed E-state index contributed by atoms with van der Waals surface area (Å²) in [5.74, 6) is 0.00990. The lowest BCUT2D eigenvalue weighted by molar-refractivity contribution is 0.0938. The summed E-state index contributed by atoms with van der Waals surface area (Å²) in [6.45, 7) is 3.98. The molecule has 2 heterocycles. The molecular formula is C22H27N3O. The first-order chi connectivity index (χ1) is 12.7. The van der Waals surface area contributed by atoms with Gasteiger partial charge in [-0.1, -0.05) is 30.3 Å². The highest BCUT2D eigenvalue weighted by atomic mass is 16.1. The Labute approximate surface area is 155 Å². The molecule has 1 fully saturated rings. The third-order valence-corrected chi connectivity index (χ3v) is 5.69. The van der Waals surface area contributed by atoms with Crippen LogP contribution in [0.15, 0.2) is 48.5 Å². The maximum atomic E-state index is 12.5. The van der Waals surface area contributed by atoms with Crippen LogP contribution < -0.4 is 10.2 Å². The van der Waals surface area contributed by atoms with Crippen LogP contribution in [0.1, 0.15) is 40.4 Å². The van der Waals surface area contributed by atoms with Gasteiger partial charge in [0, 0.05) is 31.4 Å². The maximum absolute atomic E-state index is 12.5. The van der Waals surface area contributed by atoms with E-state index in [0.717, 1.165) is 31.6 Å². The zero-order chi connectivity index (χ0) is 17.9. The van der Waals surface area contributed by atoms with E-state index in [4.69, 9.17) is 0 Å². The molecule has 26 heavy (non-hydrogen) atoms. The Balaban J connectivity index is 1.52. The van der Waals surface area contributed by atoms with Crippen LogP contribution in [-0.2, 0) is 6.42 Å². The van der Waals surface area contributed by atoms with Crippen LogP contribution in [-0.4, -0.2) is 44.0 Å². The predicted molar refractivity (Wildman–Crippen MR) is 106 cm³/mol. The molecule has 2 aliphatic rings. The largest absolute Gasteiger partial charge is 0.374 e. The number of likely N-dealkylation sites (tertiary alicyclic amines) is 1. The van der Waals surface area contributed by atoms with E-state index in [1.807, 2.05) is 30.3 Å². The standard InChI is InChI=1S/C22H27N3O/c1-24-14-11-19-15-18(9-10-20(19)24)21(25-12-5-6-13-25)16-23-22(26)17-7-3-2-4-8-17/h2-4,7-10,15,21H,5-6,11-14,16H2,1H3,(H,23,26)/t21-/m1/s1. The summed E-state index contributed by atoms with van der Waals surface area (Å²) in [7, 11) is 2.16. The van der Waals surface area contributed by atoms with Gasteiger partial charge in [-0.2, -0.15) is 0 Å². The van der Waals surface area contributed by atoms with E-state index in [2.05, 4.69) is 40.4 Å². The first kappa shape index (κ1) is 17.1. The molecule has 2 aromatic rings. The highest BCUT2D eigenvalue weighted by Crippen LogP contribution is 2.32. The molecule has 4 heteroatoms. The summed E-state index contributed by atoms with van der Waals surface area (Å²) < 4.78 is 0. The summed E-state index contributed by atoms with van der Waals surface area (Å²) in [4.78, 5) is 17.3. The number of rotatable bonds is 5. The molecule has 1 atom stereocenters. The van der Waals surface area contributed by atoms with E-state index < -0.39 is 0 Å². The maximum Gasteiger partial charge on any atom is 0.251 e. The molecule has 0 bridgehead atoms. The predicted octanol–water partition coefficient (Wildman–Crippen LogP) is 3.25. The number of carbonyl (C=O) groups is 1. The number of fused-ring (bicyclic) bond motifs is 1. The van der Waals surface area contributed by atoms with Gasteiger partial charge >= 0.3 is 0 Å². The minimum Gasteiger partial charge on any atom is -0.374 e. The Hall–Kier alpha value is -2.33. The molecule has 4 rings (SSSR count). The Morgan fingerprint density at radius 2 is 1.85 bits per heavy atom. The number of hydrogen-bond donors (Lipinski definition) is 1. The molecule has 136 valence electrons. The van der Waals surface area contributed by atoms with E-state index in [9.17, 15) is 4.79 Å². The van der Waals surface area contributed by atoms with Crippen LogP contribution in [0.2, 0.25) is 0 Å². The van der Waals surface area contributed by atoms with Gasteiger partial charge in [0.05, 0.1) is 6.04 Å². The van der Waals surface area contributed by atoms with E-state index in [1.165, 1.54) is 29.7 Å². The number of amides is 1. The molecule has 2 aliphatic heterocycles. The second-order valence-corrected chi connectivity index (χ2v) is 7.39. The van der Waals surface area contributed by atoms with Gasteiger partial charge in [0.2, 0.25) is 0 Å². The molecule has 0 spiro atoms. The third kappa shape index (κ3) is 3.47. The fourth-order valence-corrected chi connectivity index (χ4v) is 4.19. The fraction of sp³-hybridized carbons (Fsp3) is 0.409. The summed E-state index contributed by atoms with van der Waals surface area (Å²) in [6, 6.07) is 16.6.